The SMILES string of the molecule is Fc1ccccc1Sc1nc(Cl)c(Cl)cc1Cl. The second-order valence-corrected chi connectivity index (χ2v) is 5.28. The van der Waals surface area contributed by atoms with Gasteiger partial charge in [-0.3, -0.25) is 0 Å². The first-order valence-electron chi connectivity index (χ1n) is 4.52. The lowest BCUT2D eigenvalue weighted by molar-refractivity contribution is 0.602. The second-order valence-electron chi connectivity index (χ2n) is 3.08. The zero-order chi connectivity index (χ0) is 12.4. The fourth-order valence-electron chi connectivity index (χ4n) is 1.13. The topological polar surface area (TPSA) is 12.9 Å². The summed E-state index contributed by atoms with van der Waals surface area (Å²) in [4.78, 5) is 4.44. The lowest BCUT2D eigenvalue weighted by Gasteiger charge is -2.05. The van der Waals surface area contributed by atoms with Crippen molar-refractivity contribution in [1.82, 2.24) is 4.98 Å². The lowest BCUT2D eigenvalue weighted by atomic mass is 10.3. The number of aromatic nitrogens is 1. The van der Waals surface area contributed by atoms with Crippen molar-refractivity contribution in [3.63, 3.8) is 0 Å². The van der Waals surface area contributed by atoms with Crippen LogP contribution in [0.4, 0.5) is 4.39 Å². The molecule has 0 atom stereocenters. The van der Waals surface area contributed by atoms with E-state index in [1.54, 1.807) is 18.2 Å². The molecular weight excluding hydrogens is 304 g/mol. The van der Waals surface area contributed by atoms with Gasteiger partial charge in [-0.1, -0.05) is 58.7 Å². The summed E-state index contributed by atoms with van der Waals surface area (Å²) in [6.07, 6.45) is 0. The molecule has 0 unspecified atom stereocenters. The Kier molecular flexibility index (Phi) is 4.15. The van der Waals surface area contributed by atoms with Gasteiger partial charge in [0.15, 0.2) is 0 Å². The molecule has 1 heterocycles. The molecule has 0 aliphatic rings. The first kappa shape index (κ1) is 13.0. The third-order valence-corrected chi connectivity index (χ3v) is 4.03. The fourth-order valence-corrected chi connectivity index (χ4v) is 2.61. The zero-order valence-electron chi connectivity index (χ0n) is 8.25. The molecule has 0 radical (unpaired) electrons. The van der Waals surface area contributed by atoms with E-state index in [9.17, 15) is 4.39 Å². The minimum atomic E-state index is -0.332. The van der Waals surface area contributed by atoms with Gasteiger partial charge in [0.05, 0.1) is 10.0 Å². The maximum atomic E-state index is 13.4. The smallest absolute Gasteiger partial charge is 0.149 e. The molecular formula is C11H5Cl3FNS. The molecule has 1 aromatic carbocycles. The Bertz CT molecular complexity index is 562. The third kappa shape index (κ3) is 3.05. The Morgan fingerprint density at radius 2 is 1.76 bits per heavy atom. The highest BCUT2D eigenvalue weighted by Gasteiger charge is 2.11. The summed E-state index contributed by atoms with van der Waals surface area (Å²) in [5.74, 6) is -0.332. The van der Waals surface area contributed by atoms with Gasteiger partial charge < -0.3 is 0 Å². The highest BCUT2D eigenvalue weighted by Crippen LogP contribution is 2.36. The monoisotopic (exact) mass is 307 g/mol. The molecule has 0 aliphatic carbocycles. The van der Waals surface area contributed by atoms with Crippen LogP contribution in [0.15, 0.2) is 40.3 Å². The molecule has 0 bridgehead atoms. The van der Waals surface area contributed by atoms with E-state index in [-0.39, 0.29) is 16.0 Å². The molecule has 0 saturated heterocycles. The Balaban J connectivity index is 2.37. The number of rotatable bonds is 2. The van der Waals surface area contributed by atoms with Crippen LogP contribution in [0.2, 0.25) is 15.2 Å². The average molecular weight is 309 g/mol. The van der Waals surface area contributed by atoms with Gasteiger partial charge in [0.2, 0.25) is 0 Å². The standard InChI is InChI=1S/C11H5Cl3FNS/c12-6-5-7(13)11(16-10(6)14)17-9-4-2-1-3-8(9)15/h1-5H. The molecule has 0 saturated carbocycles. The highest BCUT2D eigenvalue weighted by molar-refractivity contribution is 7.99. The number of halogens is 4. The lowest BCUT2D eigenvalue weighted by Crippen LogP contribution is -1.86. The highest BCUT2D eigenvalue weighted by atomic mass is 35.5. The second kappa shape index (κ2) is 5.44. The summed E-state index contributed by atoms with van der Waals surface area (Å²) in [7, 11) is 0. The van der Waals surface area contributed by atoms with Crippen molar-refractivity contribution >= 4 is 46.6 Å². The van der Waals surface area contributed by atoms with Gasteiger partial charge in [-0.05, 0) is 18.2 Å². The minimum Gasteiger partial charge on any atom is -0.226 e. The van der Waals surface area contributed by atoms with E-state index in [0.29, 0.717) is 14.9 Å². The molecule has 2 aromatic rings. The van der Waals surface area contributed by atoms with Crippen molar-refractivity contribution in [1.29, 1.82) is 0 Å². The molecule has 0 amide bonds. The maximum Gasteiger partial charge on any atom is 0.149 e. The Morgan fingerprint density at radius 1 is 1.06 bits per heavy atom. The maximum absolute atomic E-state index is 13.4. The molecule has 0 aliphatic heterocycles. The molecule has 17 heavy (non-hydrogen) atoms. The molecule has 88 valence electrons. The number of hydrogen-bond donors (Lipinski definition) is 0. The van der Waals surface area contributed by atoms with Gasteiger partial charge in [-0.15, -0.1) is 0 Å². The van der Waals surface area contributed by atoms with Crippen molar-refractivity contribution in [3.05, 3.63) is 51.3 Å². The summed E-state index contributed by atoms with van der Waals surface area (Å²) in [6.45, 7) is 0. The summed E-state index contributed by atoms with van der Waals surface area (Å²) >= 11 is 18.6. The van der Waals surface area contributed by atoms with Crippen molar-refractivity contribution in [2.75, 3.05) is 0 Å². The van der Waals surface area contributed by atoms with E-state index in [2.05, 4.69) is 4.98 Å². The normalized spacial score (nSPS) is 10.6. The Labute approximate surface area is 117 Å². The van der Waals surface area contributed by atoms with Crippen LogP contribution in [-0.4, -0.2) is 4.98 Å². The molecule has 6 heteroatoms. The van der Waals surface area contributed by atoms with Gasteiger partial charge in [0, 0.05) is 4.90 Å². The van der Waals surface area contributed by atoms with E-state index in [0.717, 1.165) is 11.8 Å². The first-order chi connectivity index (χ1) is 8.08. The zero-order valence-corrected chi connectivity index (χ0v) is 11.3. The van der Waals surface area contributed by atoms with Gasteiger partial charge in [-0.25, -0.2) is 9.37 Å². The summed E-state index contributed by atoms with van der Waals surface area (Å²) in [5, 5.41) is 1.18. The van der Waals surface area contributed by atoms with Gasteiger partial charge in [0.1, 0.15) is 16.0 Å². The quantitative estimate of drug-likeness (QED) is 0.695. The van der Waals surface area contributed by atoms with Crippen molar-refractivity contribution in [2.45, 2.75) is 9.92 Å². The number of hydrogen-bond acceptors (Lipinski definition) is 2. The van der Waals surface area contributed by atoms with E-state index in [4.69, 9.17) is 34.8 Å². The predicted octanol–water partition coefficient (Wildman–Crippen LogP) is 5.33. The first-order valence-corrected chi connectivity index (χ1v) is 6.47. The number of benzene rings is 1. The van der Waals surface area contributed by atoms with E-state index in [1.807, 2.05) is 0 Å². The van der Waals surface area contributed by atoms with E-state index < -0.39 is 0 Å². The van der Waals surface area contributed by atoms with Crippen LogP contribution in [0.25, 0.3) is 0 Å². The van der Waals surface area contributed by atoms with Crippen molar-refractivity contribution in [2.24, 2.45) is 0 Å². The summed E-state index contributed by atoms with van der Waals surface area (Å²) in [5.41, 5.74) is 0. The predicted molar refractivity (Wildman–Crippen MR) is 69.8 cm³/mol. The van der Waals surface area contributed by atoms with Gasteiger partial charge >= 0.3 is 0 Å². The number of nitrogens with zero attached hydrogens (tertiary/aromatic N) is 1. The van der Waals surface area contributed by atoms with Crippen LogP contribution in [0, 0.1) is 5.82 Å². The molecule has 1 nitrogen and oxygen atoms in total. The van der Waals surface area contributed by atoms with Crippen LogP contribution in [0.1, 0.15) is 0 Å². The van der Waals surface area contributed by atoms with Crippen molar-refractivity contribution in [3.8, 4) is 0 Å². The minimum absolute atomic E-state index is 0.148. The molecule has 1 aromatic heterocycles. The fraction of sp³-hybridized carbons (Fsp3) is 0. The Hall–Kier alpha value is -0.480. The summed E-state index contributed by atoms with van der Waals surface area (Å²) < 4.78 is 13.4. The van der Waals surface area contributed by atoms with Crippen LogP contribution < -0.4 is 0 Å². The number of pyridine rings is 1. The van der Waals surface area contributed by atoms with Crippen molar-refractivity contribution < 1.29 is 4.39 Å². The largest absolute Gasteiger partial charge is 0.226 e. The van der Waals surface area contributed by atoms with Crippen LogP contribution >= 0.6 is 46.6 Å². The molecule has 2 rings (SSSR count). The van der Waals surface area contributed by atoms with Crippen LogP contribution in [-0.2, 0) is 0 Å². The van der Waals surface area contributed by atoms with Crippen LogP contribution in [0.5, 0.6) is 0 Å². The molecule has 0 N–H and O–H groups in total. The van der Waals surface area contributed by atoms with Gasteiger partial charge in [-0.2, -0.15) is 0 Å². The molecule has 0 fully saturated rings. The third-order valence-electron chi connectivity index (χ3n) is 1.90. The van der Waals surface area contributed by atoms with E-state index >= 15 is 0 Å². The molecule has 0 spiro atoms. The Morgan fingerprint density at radius 3 is 2.47 bits per heavy atom. The van der Waals surface area contributed by atoms with Crippen LogP contribution in [0.3, 0.4) is 0 Å². The summed E-state index contributed by atoms with van der Waals surface area (Å²) in [6, 6.07) is 7.84. The van der Waals surface area contributed by atoms with Gasteiger partial charge in [0.25, 0.3) is 0 Å². The average Bonchev–Trinajstić information content (AvgIpc) is 2.29. The van der Waals surface area contributed by atoms with E-state index in [1.165, 1.54) is 12.1 Å².